The quantitative estimate of drug-likeness (QED) is 0.238. The summed E-state index contributed by atoms with van der Waals surface area (Å²) in [6, 6.07) is 8.36. The van der Waals surface area contributed by atoms with Crippen LogP contribution in [0.3, 0.4) is 0 Å². The van der Waals surface area contributed by atoms with Crippen LogP contribution in [-0.2, 0) is 14.1 Å². The first-order valence-electron chi connectivity index (χ1n) is 3.69. The maximum absolute atomic E-state index is 2.12. The van der Waals surface area contributed by atoms with Gasteiger partial charge in [0, 0.05) is 0 Å². The van der Waals surface area contributed by atoms with Gasteiger partial charge in [0.2, 0.25) is 6.33 Å². The topological polar surface area (TPSA) is 8.81 Å². The van der Waals surface area contributed by atoms with E-state index in [-0.39, 0.29) is 71.9 Å². The highest BCUT2D eigenvalue weighted by atomic mass is 127. The van der Waals surface area contributed by atoms with Crippen LogP contribution in [0.1, 0.15) is 0 Å². The fourth-order valence-electron chi connectivity index (χ4n) is 1.44. The zero-order chi connectivity index (χ0) is 7.84. The molecule has 0 aliphatic heterocycles. The second-order valence-electron chi connectivity index (χ2n) is 2.83. The minimum absolute atomic E-state index is 0. The van der Waals surface area contributed by atoms with Gasteiger partial charge in [-0.25, -0.2) is 9.13 Å². The minimum Gasteiger partial charge on any atom is -1.00 e. The molecule has 1 aromatic heterocycles. The van der Waals surface area contributed by atoms with Gasteiger partial charge in [-0.3, -0.25) is 0 Å². The Bertz CT molecular complexity index is 362. The number of fused-ring (bicyclic) bond motifs is 1. The molecule has 0 radical (unpaired) electrons. The Labute approximate surface area is 135 Å². The van der Waals surface area contributed by atoms with Gasteiger partial charge in [-0.15, -0.1) is 0 Å². The minimum atomic E-state index is 0. The molecular weight excluding hydrogens is 517 g/mol. The van der Waals surface area contributed by atoms with Gasteiger partial charge in [0.15, 0.2) is 11.0 Å². The zero-order valence-electron chi connectivity index (χ0n) is 7.92. The molecule has 0 bridgehead atoms. The lowest BCUT2D eigenvalue weighted by molar-refractivity contribution is -0.645. The molecule has 80 valence electrons. The van der Waals surface area contributed by atoms with Crippen molar-refractivity contribution in [2.24, 2.45) is 14.1 Å². The maximum atomic E-state index is 2.12. The lowest BCUT2D eigenvalue weighted by Crippen LogP contribution is -3.00. The van der Waals surface area contributed by atoms with Crippen LogP contribution in [0.4, 0.5) is 0 Å². The van der Waals surface area contributed by atoms with E-state index >= 15 is 0 Å². The highest BCUT2D eigenvalue weighted by molar-refractivity contribution is 5.71. The second kappa shape index (κ2) is 7.20. The van der Waals surface area contributed by atoms with Crippen molar-refractivity contribution in [2.75, 3.05) is 0 Å². The smallest absolute Gasteiger partial charge is 0.244 e. The third-order valence-corrected chi connectivity index (χ3v) is 1.99. The van der Waals surface area contributed by atoms with Gasteiger partial charge in [0.05, 0.1) is 14.1 Å². The molecule has 0 saturated carbocycles. The Kier molecular flexibility index (Phi) is 8.89. The summed E-state index contributed by atoms with van der Waals surface area (Å²) in [5.74, 6) is 0. The summed E-state index contributed by atoms with van der Waals surface area (Å²) in [4.78, 5) is 0. The SMILES string of the molecule is Cn1c[n+](C)c2ccccc21.[I-].[I-].[I-]. The van der Waals surface area contributed by atoms with Gasteiger partial charge < -0.3 is 71.9 Å². The summed E-state index contributed by atoms with van der Waals surface area (Å²) in [6.07, 6.45) is 2.07. The molecule has 1 heterocycles. The van der Waals surface area contributed by atoms with Crippen LogP contribution in [0.2, 0.25) is 0 Å². The van der Waals surface area contributed by atoms with Gasteiger partial charge >= 0.3 is 0 Å². The Morgan fingerprint density at radius 1 is 1.07 bits per heavy atom. The number of aromatic nitrogens is 2. The molecule has 0 N–H and O–H groups in total. The van der Waals surface area contributed by atoms with Crippen molar-refractivity contribution in [1.82, 2.24) is 4.57 Å². The summed E-state index contributed by atoms with van der Waals surface area (Å²) >= 11 is 0. The summed E-state index contributed by atoms with van der Waals surface area (Å²) in [7, 11) is 4.12. The Balaban J connectivity index is 0. The molecule has 0 unspecified atom stereocenters. The molecule has 5 heteroatoms. The number of imidazole rings is 1. The third-order valence-electron chi connectivity index (χ3n) is 1.99. The van der Waals surface area contributed by atoms with E-state index in [1.807, 2.05) is 0 Å². The fourth-order valence-corrected chi connectivity index (χ4v) is 1.44. The summed E-state index contributed by atoms with van der Waals surface area (Å²) in [5.41, 5.74) is 2.55. The third kappa shape index (κ3) is 3.19. The average molecular weight is 528 g/mol. The first kappa shape index (κ1) is 17.3. The number of benzene rings is 1. The molecule has 0 atom stereocenters. The van der Waals surface area contributed by atoms with Crippen molar-refractivity contribution in [1.29, 1.82) is 0 Å². The predicted molar refractivity (Wildman–Crippen MR) is 44.1 cm³/mol. The van der Waals surface area contributed by atoms with Crippen LogP contribution in [0.5, 0.6) is 0 Å². The average Bonchev–Trinajstić information content (AvgIpc) is 2.30. The maximum Gasteiger partial charge on any atom is 0.244 e. The van der Waals surface area contributed by atoms with Gasteiger partial charge in [-0.05, 0) is 12.1 Å². The van der Waals surface area contributed by atoms with E-state index in [1.165, 1.54) is 11.0 Å². The number of halogens is 3. The highest BCUT2D eigenvalue weighted by Gasteiger charge is 2.06. The number of para-hydroxylation sites is 2. The molecule has 0 aliphatic carbocycles. The van der Waals surface area contributed by atoms with Gasteiger partial charge in [0.1, 0.15) is 0 Å². The molecule has 2 rings (SSSR count). The van der Waals surface area contributed by atoms with E-state index in [1.54, 1.807) is 0 Å². The number of nitrogens with zero attached hydrogens (tertiary/aromatic N) is 2. The molecule has 0 amide bonds. The van der Waals surface area contributed by atoms with Crippen LogP contribution >= 0.6 is 0 Å². The summed E-state index contributed by atoms with van der Waals surface area (Å²) in [5, 5.41) is 0. The number of rotatable bonds is 0. The fraction of sp³-hybridized carbons (Fsp3) is 0.222. The molecule has 2 aromatic rings. The monoisotopic (exact) mass is 528 g/mol. The molecule has 1 aromatic carbocycles. The van der Waals surface area contributed by atoms with E-state index in [0.717, 1.165) is 0 Å². The molecule has 0 spiro atoms. The van der Waals surface area contributed by atoms with Gasteiger partial charge in [0.25, 0.3) is 0 Å². The lowest BCUT2D eigenvalue weighted by Gasteiger charge is -1.84. The Morgan fingerprint density at radius 3 is 2.21 bits per heavy atom. The highest BCUT2D eigenvalue weighted by Crippen LogP contribution is 2.07. The number of aryl methyl sites for hydroxylation is 2. The van der Waals surface area contributed by atoms with E-state index in [4.69, 9.17) is 0 Å². The van der Waals surface area contributed by atoms with Crippen LogP contribution in [0.15, 0.2) is 30.6 Å². The van der Waals surface area contributed by atoms with Crippen molar-refractivity contribution in [3.63, 3.8) is 0 Å². The van der Waals surface area contributed by atoms with Gasteiger partial charge in [-0.1, -0.05) is 12.1 Å². The van der Waals surface area contributed by atoms with Crippen LogP contribution in [0, 0.1) is 0 Å². The van der Waals surface area contributed by atoms with Crippen LogP contribution in [0.25, 0.3) is 11.0 Å². The zero-order valence-corrected chi connectivity index (χ0v) is 14.4. The molecule has 0 saturated heterocycles. The molecule has 0 aliphatic rings. The molecular formula is C9H11I3N2-2. The molecule has 2 nitrogen and oxygen atoms in total. The molecule has 14 heavy (non-hydrogen) atoms. The normalized spacial score (nSPS) is 8.43. The van der Waals surface area contributed by atoms with Gasteiger partial charge in [-0.2, -0.15) is 0 Å². The first-order chi connectivity index (χ1) is 5.29. The largest absolute Gasteiger partial charge is 1.00 e. The van der Waals surface area contributed by atoms with Crippen molar-refractivity contribution >= 4 is 11.0 Å². The van der Waals surface area contributed by atoms with Crippen molar-refractivity contribution in [3.8, 4) is 0 Å². The first-order valence-corrected chi connectivity index (χ1v) is 3.69. The van der Waals surface area contributed by atoms with Crippen LogP contribution in [-0.4, -0.2) is 4.57 Å². The standard InChI is InChI=1S/C9H11N2.3HI/c1-10-7-11(2)9-6-4-3-5-8(9)10;;;/h3-7H,1-2H3;3*1H/q+1;;;/p-3. The van der Waals surface area contributed by atoms with Crippen molar-refractivity contribution in [2.45, 2.75) is 0 Å². The second-order valence-corrected chi connectivity index (χ2v) is 2.83. The van der Waals surface area contributed by atoms with Crippen LogP contribution < -0.4 is 76.5 Å². The number of hydrogen-bond acceptors (Lipinski definition) is 0. The van der Waals surface area contributed by atoms with Crippen molar-refractivity contribution in [3.05, 3.63) is 30.6 Å². The van der Waals surface area contributed by atoms with E-state index in [0.29, 0.717) is 0 Å². The van der Waals surface area contributed by atoms with Crippen molar-refractivity contribution < 1.29 is 76.5 Å². The summed E-state index contributed by atoms with van der Waals surface area (Å²) < 4.78 is 4.24. The predicted octanol–water partition coefficient (Wildman–Crippen LogP) is -7.99. The van der Waals surface area contributed by atoms with E-state index in [9.17, 15) is 0 Å². The molecule has 0 fully saturated rings. The summed E-state index contributed by atoms with van der Waals surface area (Å²) in [6.45, 7) is 0. The Hall–Kier alpha value is 0.880. The number of hydrogen-bond donors (Lipinski definition) is 0. The van der Waals surface area contributed by atoms with E-state index in [2.05, 4.69) is 53.8 Å². The Morgan fingerprint density at radius 2 is 1.64 bits per heavy atom. The van der Waals surface area contributed by atoms with E-state index < -0.39 is 0 Å². The lowest BCUT2D eigenvalue weighted by atomic mass is 10.3.